The standard InChI is InChI=1S/C11H21NO/c1-3-11(5-4-6-11)12-7-8-13-9-10(12)2/h10H,3-9H2,1-2H3/t10-/m1/s1. The molecular formula is C11H21NO. The fourth-order valence-electron chi connectivity index (χ4n) is 2.86. The fraction of sp³-hybridized carbons (Fsp3) is 1.00. The van der Waals surface area contributed by atoms with E-state index in [1.165, 1.54) is 25.7 Å². The minimum Gasteiger partial charge on any atom is -0.379 e. The van der Waals surface area contributed by atoms with Gasteiger partial charge in [0.2, 0.25) is 0 Å². The van der Waals surface area contributed by atoms with Crippen LogP contribution in [0.3, 0.4) is 0 Å². The van der Waals surface area contributed by atoms with E-state index in [9.17, 15) is 0 Å². The Bertz CT molecular complexity index is 171. The van der Waals surface area contributed by atoms with Crippen molar-refractivity contribution in [3.63, 3.8) is 0 Å². The van der Waals surface area contributed by atoms with E-state index in [1.54, 1.807) is 0 Å². The van der Waals surface area contributed by atoms with Crippen molar-refractivity contribution in [3.05, 3.63) is 0 Å². The number of rotatable bonds is 2. The second-order valence-electron chi connectivity index (χ2n) is 4.55. The smallest absolute Gasteiger partial charge is 0.0620 e. The molecule has 0 spiro atoms. The zero-order chi connectivity index (χ0) is 9.31. The molecule has 0 aromatic heterocycles. The maximum absolute atomic E-state index is 5.48. The summed E-state index contributed by atoms with van der Waals surface area (Å²) in [6.07, 6.45) is 5.57. The SMILES string of the molecule is CCC1(N2CCOC[C@H]2C)CCC1. The molecule has 0 amide bonds. The molecule has 0 radical (unpaired) electrons. The number of hydrogen-bond acceptors (Lipinski definition) is 2. The van der Waals surface area contributed by atoms with Gasteiger partial charge < -0.3 is 4.74 Å². The first-order chi connectivity index (χ1) is 6.28. The number of morpholine rings is 1. The molecule has 0 aromatic rings. The third-order valence-corrected chi connectivity index (χ3v) is 3.92. The van der Waals surface area contributed by atoms with Crippen molar-refractivity contribution in [1.29, 1.82) is 0 Å². The Morgan fingerprint density at radius 3 is 2.69 bits per heavy atom. The van der Waals surface area contributed by atoms with Crippen LogP contribution >= 0.6 is 0 Å². The van der Waals surface area contributed by atoms with Gasteiger partial charge >= 0.3 is 0 Å². The quantitative estimate of drug-likeness (QED) is 0.649. The fourth-order valence-corrected chi connectivity index (χ4v) is 2.86. The van der Waals surface area contributed by atoms with Gasteiger partial charge in [0.15, 0.2) is 0 Å². The Kier molecular flexibility index (Phi) is 2.61. The first-order valence-electron chi connectivity index (χ1n) is 5.63. The van der Waals surface area contributed by atoms with Crippen LogP contribution in [-0.4, -0.2) is 36.2 Å². The van der Waals surface area contributed by atoms with Crippen LogP contribution in [0.2, 0.25) is 0 Å². The summed E-state index contributed by atoms with van der Waals surface area (Å²) in [5, 5.41) is 0. The molecule has 1 aliphatic carbocycles. The molecular weight excluding hydrogens is 162 g/mol. The van der Waals surface area contributed by atoms with Crippen molar-refractivity contribution >= 4 is 0 Å². The molecule has 1 saturated heterocycles. The molecule has 0 aromatic carbocycles. The Balaban J connectivity index is 2.03. The topological polar surface area (TPSA) is 12.5 Å². The van der Waals surface area contributed by atoms with Crippen LogP contribution in [-0.2, 0) is 4.74 Å². The van der Waals surface area contributed by atoms with Gasteiger partial charge in [-0.1, -0.05) is 6.92 Å². The van der Waals surface area contributed by atoms with Gasteiger partial charge in [0.05, 0.1) is 13.2 Å². The van der Waals surface area contributed by atoms with Gasteiger partial charge in [-0.3, -0.25) is 4.90 Å². The molecule has 2 rings (SSSR count). The molecule has 76 valence electrons. The number of nitrogens with zero attached hydrogens (tertiary/aromatic N) is 1. The van der Waals surface area contributed by atoms with Crippen LogP contribution in [0, 0.1) is 0 Å². The Labute approximate surface area is 81.3 Å². The molecule has 1 aliphatic heterocycles. The minimum atomic E-state index is 0.559. The summed E-state index contributed by atoms with van der Waals surface area (Å²) in [7, 11) is 0. The van der Waals surface area contributed by atoms with Crippen LogP contribution < -0.4 is 0 Å². The van der Waals surface area contributed by atoms with E-state index in [2.05, 4.69) is 18.7 Å². The minimum absolute atomic E-state index is 0.559. The maximum Gasteiger partial charge on any atom is 0.0620 e. The maximum atomic E-state index is 5.48. The van der Waals surface area contributed by atoms with Gasteiger partial charge in [-0.25, -0.2) is 0 Å². The summed E-state index contributed by atoms with van der Waals surface area (Å²) in [5.41, 5.74) is 0.559. The van der Waals surface area contributed by atoms with E-state index in [-0.39, 0.29) is 0 Å². The number of ether oxygens (including phenoxy) is 1. The van der Waals surface area contributed by atoms with Crippen LogP contribution in [0.15, 0.2) is 0 Å². The van der Waals surface area contributed by atoms with Crippen LogP contribution in [0.25, 0.3) is 0 Å². The largest absolute Gasteiger partial charge is 0.379 e. The van der Waals surface area contributed by atoms with Crippen molar-refractivity contribution < 1.29 is 4.74 Å². The average molecular weight is 183 g/mol. The van der Waals surface area contributed by atoms with Crippen molar-refractivity contribution in [2.75, 3.05) is 19.8 Å². The zero-order valence-electron chi connectivity index (χ0n) is 8.88. The molecule has 1 heterocycles. The number of hydrogen-bond donors (Lipinski definition) is 0. The highest BCUT2D eigenvalue weighted by atomic mass is 16.5. The highest BCUT2D eigenvalue weighted by molar-refractivity contribution is 4.99. The van der Waals surface area contributed by atoms with Gasteiger partial charge in [-0.15, -0.1) is 0 Å². The normalized spacial score (nSPS) is 34.2. The van der Waals surface area contributed by atoms with E-state index in [0.29, 0.717) is 11.6 Å². The lowest BCUT2D eigenvalue weighted by molar-refractivity contribution is -0.0898. The lowest BCUT2D eigenvalue weighted by atomic mass is 9.72. The summed E-state index contributed by atoms with van der Waals surface area (Å²) < 4.78 is 5.48. The summed E-state index contributed by atoms with van der Waals surface area (Å²) in [6.45, 7) is 7.65. The Morgan fingerprint density at radius 1 is 1.46 bits per heavy atom. The van der Waals surface area contributed by atoms with Gasteiger partial charge in [0.25, 0.3) is 0 Å². The van der Waals surface area contributed by atoms with Crippen LogP contribution in [0.1, 0.15) is 39.5 Å². The summed E-state index contributed by atoms with van der Waals surface area (Å²) in [6, 6.07) is 0.633. The second-order valence-corrected chi connectivity index (χ2v) is 4.55. The van der Waals surface area contributed by atoms with Crippen molar-refractivity contribution in [3.8, 4) is 0 Å². The van der Waals surface area contributed by atoms with E-state index in [4.69, 9.17) is 4.74 Å². The van der Waals surface area contributed by atoms with E-state index < -0.39 is 0 Å². The molecule has 2 nitrogen and oxygen atoms in total. The van der Waals surface area contributed by atoms with Crippen LogP contribution in [0.5, 0.6) is 0 Å². The molecule has 1 saturated carbocycles. The molecule has 2 heteroatoms. The van der Waals surface area contributed by atoms with Crippen LogP contribution in [0.4, 0.5) is 0 Å². The highest BCUT2D eigenvalue weighted by Gasteiger charge is 2.43. The van der Waals surface area contributed by atoms with Gasteiger partial charge in [0, 0.05) is 18.1 Å². The van der Waals surface area contributed by atoms with E-state index in [1.807, 2.05) is 0 Å². The third-order valence-electron chi connectivity index (χ3n) is 3.92. The molecule has 13 heavy (non-hydrogen) atoms. The lowest BCUT2D eigenvalue weighted by Crippen LogP contribution is -2.60. The first kappa shape index (κ1) is 9.47. The summed E-state index contributed by atoms with van der Waals surface area (Å²) in [4.78, 5) is 2.69. The highest BCUT2D eigenvalue weighted by Crippen LogP contribution is 2.41. The molecule has 0 unspecified atom stereocenters. The Hall–Kier alpha value is -0.0800. The first-order valence-corrected chi connectivity index (χ1v) is 5.63. The zero-order valence-corrected chi connectivity index (χ0v) is 8.88. The average Bonchev–Trinajstić information content (AvgIpc) is 2.07. The van der Waals surface area contributed by atoms with Gasteiger partial charge in [-0.05, 0) is 32.6 Å². The molecule has 2 aliphatic rings. The lowest BCUT2D eigenvalue weighted by Gasteiger charge is -2.54. The van der Waals surface area contributed by atoms with E-state index in [0.717, 1.165) is 19.8 Å². The second kappa shape index (κ2) is 3.58. The summed E-state index contributed by atoms with van der Waals surface area (Å²) >= 11 is 0. The molecule has 0 bridgehead atoms. The predicted molar refractivity (Wildman–Crippen MR) is 53.9 cm³/mol. The van der Waals surface area contributed by atoms with Crippen molar-refractivity contribution in [2.24, 2.45) is 0 Å². The van der Waals surface area contributed by atoms with Gasteiger partial charge in [-0.2, -0.15) is 0 Å². The van der Waals surface area contributed by atoms with Crippen molar-refractivity contribution in [2.45, 2.75) is 51.1 Å². The summed E-state index contributed by atoms with van der Waals surface area (Å²) in [5.74, 6) is 0. The predicted octanol–water partition coefficient (Wildman–Crippen LogP) is 2.04. The molecule has 2 fully saturated rings. The van der Waals surface area contributed by atoms with Crippen molar-refractivity contribution in [1.82, 2.24) is 4.90 Å². The molecule has 1 atom stereocenters. The van der Waals surface area contributed by atoms with Gasteiger partial charge in [0.1, 0.15) is 0 Å². The molecule has 0 N–H and O–H groups in total. The van der Waals surface area contributed by atoms with E-state index >= 15 is 0 Å². The monoisotopic (exact) mass is 183 g/mol. The Morgan fingerprint density at radius 2 is 2.23 bits per heavy atom. The third kappa shape index (κ3) is 1.50.